The molecule has 0 saturated heterocycles. The van der Waals surface area contributed by atoms with Gasteiger partial charge in [-0.3, -0.25) is 4.79 Å². The average Bonchev–Trinajstić information content (AvgIpc) is 3.08. The summed E-state index contributed by atoms with van der Waals surface area (Å²) in [6, 6.07) is 7.46. The lowest BCUT2D eigenvalue weighted by Crippen LogP contribution is -2.28. The summed E-state index contributed by atoms with van der Waals surface area (Å²) < 4.78 is 0. The number of carbonyl (C=O) groups excluding carboxylic acids is 1. The van der Waals surface area contributed by atoms with Crippen LogP contribution < -0.4 is 5.32 Å². The molecule has 2 atom stereocenters. The van der Waals surface area contributed by atoms with Gasteiger partial charge < -0.3 is 10.4 Å². The van der Waals surface area contributed by atoms with Gasteiger partial charge in [-0.05, 0) is 25.3 Å². The van der Waals surface area contributed by atoms with Gasteiger partial charge in [-0.25, -0.2) is 4.98 Å². The topological polar surface area (TPSA) is 62.2 Å². The van der Waals surface area contributed by atoms with Crippen molar-refractivity contribution in [3.8, 4) is 11.3 Å². The number of aliphatic hydroxyl groups excluding tert-OH is 1. The predicted molar refractivity (Wildman–Crippen MR) is 84.5 cm³/mol. The number of benzene rings is 1. The van der Waals surface area contributed by atoms with Crippen LogP contribution in [-0.2, 0) is 4.79 Å². The standard InChI is InChI=1S/C15H15ClN2O2S/c16-11-6-2-1-4-9(11)12-8-21-15(17-12)18-14(20)10-5-3-7-13(10)19/h1-2,4,6,8,10,13,19H,3,5,7H2,(H,17,18,20). The van der Waals surface area contributed by atoms with Crippen molar-refractivity contribution in [2.75, 3.05) is 5.32 Å². The van der Waals surface area contributed by atoms with Gasteiger partial charge in [-0.1, -0.05) is 29.8 Å². The molecule has 1 aromatic heterocycles. The van der Waals surface area contributed by atoms with Gasteiger partial charge in [-0.15, -0.1) is 11.3 Å². The molecule has 6 heteroatoms. The summed E-state index contributed by atoms with van der Waals surface area (Å²) in [6.07, 6.45) is 1.78. The maximum Gasteiger partial charge on any atom is 0.231 e. The van der Waals surface area contributed by atoms with Crippen LogP contribution in [0.15, 0.2) is 29.6 Å². The third kappa shape index (κ3) is 3.10. The molecular formula is C15H15ClN2O2S. The van der Waals surface area contributed by atoms with Gasteiger partial charge in [0.15, 0.2) is 5.13 Å². The van der Waals surface area contributed by atoms with Crippen molar-refractivity contribution in [1.82, 2.24) is 4.98 Å². The third-order valence-electron chi connectivity index (χ3n) is 3.70. The predicted octanol–water partition coefficient (Wildman–Crippen LogP) is 3.56. The quantitative estimate of drug-likeness (QED) is 0.908. The highest BCUT2D eigenvalue weighted by molar-refractivity contribution is 7.14. The molecule has 1 aromatic carbocycles. The zero-order valence-electron chi connectivity index (χ0n) is 11.3. The van der Waals surface area contributed by atoms with E-state index in [1.165, 1.54) is 11.3 Å². The summed E-state index contributed by atoms with van der Waals surface area (Å²) in [6.45, 7) is 0. The molecule has 1 fully saturated rings. The van der Waals surface area contributed by atoms with E-state index in [4.69, 9.17) is 11.6 Å². The summed E-state index contributed by atoms with van der Waals surface area (Å²) >= 11 is 7.50. The third-order valence-corrected chi connectivity index (χ3v) is 4.79. The molecule has 1 amide bonds. The SMILES string of the molecule is O=C(Nc1nc(-c2ccccc2Cl)cs1)C1CCCC1O. The maximum atomic E-state index is 12.1. The summed E-state index contributed by atoms with van der Waals surface area (Å²) in [5.41, 5.74) is 1.59. The van der Waals surface area contributed by atoms with E-state index in [0.29, 0.717) is 16.6 Å². The van der Waals surface area contributed by atoms with Crippen molar-refractivity contribution >= 4 is 34.0 Å². The first kappa shape index (κ1) is 14.5. The van der Waals surface area contributed by atoms with Crippen molar-refractivity contribution in [3.05, 3.63) is 34.7 Å². The lowest BCUT2D eigenvalue weighted by Gasteiger charge is -2.12. The number of carbonyl (C=O) groups is 1. The van der Waals surface area contributed by atoms with Gasteiger partial charge in [0, 0.05) is 16.0 Å². The number of amides is 1. The maximum absolute atomic E-state index is 12.1. The van der Waals surface area contributed by atoms with Gasteiger partial charge in [0.05, 0.1) is 17.7 Å². The average molecular weight is 323 g/mol. The molecule has 0 bridgehead atoms. The largest absolute Gasteiger partial charge is 0.392 e. The lowest BCUT2D eigenvalue weighted by molar-refractivity contribution is -0.122. The fourth-order valence-corrected chi connectivity index (χ4v) is 3.51. The monoisotopic (exact) mass is 322 g/mol. The normalized spacial score (nSPS) is 21.4. The van der Waals surface area contributed by atoms with E-state index in [2.05, 4.69) is 10.3 Å². The second kappa shape index (κ2) is 6.13. The lowest BCUT2D eigenvalue weighted by atomic mass is 10.1. The first-order valence-corrected chi connectivity index (χ1v) is 8.10. The molecule has 3 rings (SSSR count). The number of halogens is 1. The first-order chi connectivity index (χ1) is 10.1. The molecule has 0 spiro atoms. The van der Waals surface area contributed by atoms with E-state index in [1.54, 1.807) is 0 Å². The Morgan fingerprint density at radius 1 is 1.38 bits per heavy atom. The van der Waals surface area contributed by atoms with Crippen molar-refractivity contribution in [2.24, 2.45) is 5.92 Å². The summed E-state index contributed by atoms with van der Waals surface area (Å²) in [4.78, 5) is 16.5. The molecule has 2 aromatic rings. The molecule has 21 heavy (non-hydrogen) atoms. The molecule has 2 unspecified atom stereocenters. The number of aliphatic hydroxyl groups is 1. The second-order valence-corrected chi connectivity index (χ2v) is 6.38. The number of rotatable bonds is 3. The van der Waals surface area contributed by atoms with Crippen molar-refractivity contribution in [2.45, 2.75) is 25.4 Å². The van der Waals surface area contributed by atoms with Gasteiger partial charge >= 0.3 is 0 Å². The number of hydrogen-bond donors (Lipinski definition) is 2. The Bertz CT molecular complexity index is 659. The highest BCUT2D eigenvalue weighted by atomic mass is 35.5. The molecule has 0 aliphatic heterocycles. The van der Waals surface area contributed by atoms with E-state index < -0.39 is 6.10 Å². The Morgan fingerprint density at radius 3 is 2.90 bits per heavy atom. The van der Waals surface area contributed by atoms with Crippen LogP contribution in [0.3, 0.4) is 0 Å². The van der Waals surface area contributed by atoms with Crippen LogP contribution in [0.4, 0.5) is 5.13 Å². The fourth-order valence-electron chi connectivity index (χ4n) is 2.57. The molecule has 1 aliphatic rings. The van der Waals surface area contributed by atoms with Crippen molar-refractivity contribution in [1.29, 1.82) is 0 Å². The minimum atomic E-state index is -0.534. The number of hydrogen-bond acceptors (Lipinski definition) is 4. The highest BCUT2D eigenvalue weighted by Gasteiger charge is 2.31. The molecule has 0 radical (unpaired) electrons. The van der Waals surface area contributed by atoms with Crippen LogP contribution in [0.25, 0.3) is 11.3 Å². The molecule has 4 nitrogen and oxygen atoms in total. The van der Waals surface area contributed by atoms with E-state index in [9.17, 15) is 9.90 Å². The number of nitrogens with one attached hydrogen (secondary N) is 1. The molecule has 1 aliphatic carbocycles. The van der Waals surface area contributed by atoms with E-state index >= 15 is 0 Å². The minimum Gasteiger partial charge on any atom is -0.392 e. The van der Waals surface area contributed by atoms with Gasteiger partial charge in [-0.2, -0.15) is 0 Å². The number of thiazole rings is 1. The molecule has 2 N–H and O–H groups in total. The van der Waals surface area contributed by atoms with E-state index in [-0.39, 0.29) is 11.8 Å². The number of nitrogens with zero attached hydrogens (tertiary/aromatic N) is 1. The summed E-state index contributed by atoms with van der Waals surface area (Å²) in [5, 5.41) is 15.6. The van der Waals surface area contributed by atoms with Crippen LogP contribution in [0.1, 0.15) is 19.3 Å². The zero-order chi connectivity index (χ0) is 14.8. The van der Waals surface area contributed by atoms with Crippen molar-refractivity contribution < 1.29 is 9.90 Å². The Kier molecular flexibility index (Phi) is 4.24. The van der Waals surface area contributed by atoms with E-state index in [0.717, 1.165) is 24.1 Å². The smallest absolute Gasteiger partial charge is 0.231 e. The Labute approximate surface area is 131 Å². The molecule has 110 valence electrons. The molecule has 1 saturated carbocycles. The zero-order valence-corrected chi connectivity index (χ0v) is 12.8. The summed E-state index contributed by atoms with van der Waals surface area (Å²) in [7, 11) is 0. The van der Waals surface area contributed by atoms with Crippen molar-refractivity contribution in [3.63, 3.8) is 0 Å². The Hall–Kier alpha value is -1.43. The van der Waals surface area contributed by atoms with E-state index in [1.807, 2.05) is 29.6 Å². The molecule has 1 heterocycles. The van der Waals surface area contributed by atoms with Crippen LogP contribution >= 0.6 is 22.9 Å². The van der Waals surface area contributed by atoms with Crippen LogP contribution in [0, 0.1) is 5.92 Å². The summed E-state index contributed by atoms with van der Waals surface area (Å²) in [5.74, 6) is -0.474. The van der Waals surface area contributed by atoms with Crippen LogP contribution in [-0.4, -0.2) is 22.1 Å². The Morgan fingerprint density at radius 2 is 2.19 bits per heavy atom. The first-order valence-electron chi connectivity index (χ1n) is 6.84. The second-order valence-electron chi connectivity index (χ2n) is 5.11. The van der Waals surface area contributed by atoms with Crippen LogP contribution in [0.5, 0.6) is 0 Å². The number of aromatic nitrogens is 1. The van der Waals surface area contributed by atoms with Crippen LogP contribution in [0.2, 0.25) is 5.02 Å². The van der Waals surface area contributed by atoms with Gasteiger partial charge in [0.1, 0.15) is 0 Å². The van der Waals surface area contributed by atoms with Gasteiger partial charge in [0.2, 0.25) is 5.91 Å². The fraction of sp³-hybridized carbons (Fsp3) is 0.333. The van der Waals surface area contributed by atoms with Gasteiger partial charge in [0.25, 0.3) is 0 Å². The highest BCUT2D eigenvalue weighted by Crippen LogP contribution is 2.31. The Balaban J connectivity index is 1.74. The minimum absolute atomic E-state index is 0.153. The number of anilines is 1. The molecular weight excluding hydrogens is 308 g/mol.